The quantitative estimate of drug-likeness (QED) is 0.657. The molecule has 1 unspecified atom stereocenters. The maximum atomic E-state index is 11.1. The summed E-state index contributed by atoms with van der Waals surface area (Å²) < 4.78 is 9.86. The molecular weight excluding hydrogens is 354 g/mol. The van der Waals surface area contributed by atoms with Crippen molar-refractivity contribution in [1.29, 1.82) is 0 Å². The molecule has 0 amide bonds. The highest BCUT2D eigenvalue weighted by Gasteiger charge is 2.10. The van der Waals surface area contributed by atoms with Crippen LogP contribution < -0.4 is 10.1 Å². The fraction of sp³-hybridized carbons (Fsp3) is 0.350. The average Bonchev–Trinajstić information content (AvgIpc) is 2.65. The number of halogens is 1. The van der Waals surface area contributed by atoms with Crippen molar-refractivity contribution in [2.45, 2.75) is 25.5 Å². The molecule has 0 radical (unpaired) electrons. The van der Waals surface area contributed by atoms with Crippen LogP contribution in [-0.4, -0.2) is 37.4 Å². The summed E-state index contributed by atoms with van der Waals surface area (Å²) >= 11 is 5.95. The van der Waals surface area contributed by atoms with Gasteiger partial charge in [0.1, 0.15) is 5.75 Å². The van der Waals surface area contributed by atoms with Crippen LogP contribution in [0.25, 0.3) is 0 Å². The minimum Gasteiger partial charge on any atom is -0.482 e. The summed E-state index contributed by atoms with van der Waals surface area (Å²) in [7, 11) is 1.33. The van der Waals surface area contributed by atoms with Crippen LogP contribution >= 0.6 is 11.6 Å². The van der Waals surface area contributed by atoms with Gasteiger partial charge in [-0.15, -0.1) is 0 Å². The molecule has 26 heavy (non-hydrogen) atoms. The lowest BCUT2D eigenvalue weighted by molar-refractivity contribution is -0.142. The third-order valence-corrected chi connectivity index (χ3v) is 4.18. The van der Waals surface area contributed by atoms with E-state index in [4.69, 9.17) is 16.3 Å². The smallest absolute Gasteiger partial charge is 0.343 e. The molecule has 0 fully saturated rings. The van der Waals surface area contributed by atoms with Crippen LogP contribution in [0.3, 0.4) is 0 Å². The van der Waals surface area contributed by atoms with Gasteiger partial charge in [0.15, 0.2) is 6.61 Å². The van der Waals surface area contributed by atoms with Gasteiger partial charge in [-0.3, -0.25) is 0 Å². The number of carbonyl (C=O) groups excluding carboxylic acids is 1. The molecule has 2 atom stereocenters. The number of ether oxygens (including phenoxy) is 2. The number of rotatable bonds is 9. The number of hydrogen-bond acceptors (Lipinski definition) is 5. The number of esters is 1. The van der Waals surface area contributed by atoms with Gasteiger partial charge in [-0.25, -0.2) is 4.79 Å². The van der Waals surface area contributed by atoms with Crippen molar-refractivity contribution in [2.24, 2.45) is 0 Å². The molecule has 0 saturated carbocycles. The topological polar surface area (TPSA) is 67.8 Å². The Morgan fingerprint density at radius 3 is 2.62 bits per heavy atom. The summed E-state index contributed by atoms with van der Waals surface area (Å²) in [6, 6.07) is 15.0. The molecule has 0 spiro atoms. The fourth-order valence-electron chi connectivity index (χ4n) is 2.49. The highest BCUT2D eigenvalue weighted by molar-refractivity contribution is 6.30. The Bertz CT molecular complexity index is 705. The zero-order valence-electron chi connectivity index (χ0n) is 14.9. The van der Waals surface area contributed by atoms with Gasteiger partial charge in [0.2, 0.25) is 0 Å². The predicted octanol–water partition coefficient (Wildman–Crippen LogP) is 3.15. The molecule has 0 aliphatic heterocycles. The fourth-order valence-corrected chi connectivity index (χ4v) is 2.69. The number of aliphatic hydroxyl groups is 1. The molecule has 0 bridgehead atoms. The molecule has 0 saturated heterocycles. The van der Waals surface area contributed by atoms with Crippen molar-refractivity contribution in [1.82, 2.24) is 5.32 Å². The lowest BCUT2D eigenvalue weighted by Crippen LogP contribution is -2.32. The van der Waals surface area contributed by atoms with Gasteiger partial charge in [0, 0.05) is 17.6 Å². The van der Waals surface area contributed by atoms with E-state index < -0.39 is 12.1 Å². The van der Waals surface area contributed by atoms with Crippen LogP contribution in [0.1, 0.15) is 24.2 Å². The van der Waals surface area contributed by atoms with Gasteiger partial charge in [0.25, 0.3) is 0 Å². The van der Waals surface area contributed by atoms with Gasteiger partial charge in [-0.2, -0.15) is 0 Å². The second-order valence-corrected chi connectivity index (χ2v) is 6.53. The van der Waals surface area contributed by atoms with E-state index in [1.54, 1.807) is 12.1 Å². The third kappa shape index (κ3) is 6.67. The van der Waals surface area contributed by atoms with Crippen LogP contribution in [0.4, 0.5) is 0 Å². The Labute approximate surface area is 158 Å². The van der Waals surface area contributed by atoms with E-state index in [0.29, 0.717) is 17.3 Å². The van der Waals surface area contributed by atoms with Crippen LogP contribution in [-0.2, 0) is 16.0 Å². The first kappa shape index (κ1) is 20.2. The Balaban J connectivity index is 1.78. The summed E-state index contributed by atoms with van der Waals surface area (Å²) in [5, 5.41) is 14.2. The van der Waals surface area contributed by atoms with Crippen molar-refractivity contribution in [3.8, 4) is 5.75 Å². The van der Waals surface area contributed by atoms with Crippen LogP contribution in [0.2, 0.25) is 5.02 Å². The summed E-state index contributed by atoms with van der Waals surface area (Å²) in [6.07, 6.45) is 0.199. The molecule has 2 aromatic carbocycles. The van der Waals surface area contributed by atoms with Gasteiger partial charge in [-0.05, 0) is 48.7 Å². The van der Waals surface area contributed by atoms with Crippen molar-refractivity contribution < 1.29 is 19.4 Å². The molecular formula is C20H24ClNO4. The van der Waals surface area contributed by atoms with E-state index in [0.717, 1.165) is 17.5 Å². The molecule has 0 aromatic heterocycles. The SMILES string of the molecule is COC(=O)COc1ccc(CC(C)NC[C@@H](O)c2cccc(Cl)c2)cc1. The van der Waals surface area contributed by atoms with E-state index in [2.05, 4.69) is 17.0 Å². The Morgan fingerprint density at radius 2 is 1.96 bits per heavy atom. The predicted molar refractivity (Wildman–Crippen MR) is 102 cm³/mol. The monoisotopic (exact) mass is 377 g/mol. The second-order valence-electron chi connectivity index (χ2n) is 6.09. The third-order valence-electron chi connectivity index (χ3n) is 3.94. The first-order valence-corrected chi connectivity index (χ1v) is 8.81. The van der Waals surface area contributed by atoms with Crippen LogP contribution in [0.5, 0.6) is 5.75 Å². The normalized spacial score (nSPS) is 13.1. The largest absolute Gasteiger partial charge is 0.482 e. The van der Waals surface area contributed by atoms with E-state index in [9.17, 15) is 9.90 Å². The standard InChI is InChI=1S/C20H24ClNO4/c1-14(22-12-19(23)16-4-3-5-17(21)11-16)10-15-6-8-18(9-7-15)26-13-20(24)25-2/h3-9,11,14,19,22-23H,10,12-13H2,1-2H3/t14?,19-/m1/s1. The van der Waals surface area contributed by atoms with Gasteiger partial charge >= 0.3 is 5.97 Å². The summed E-state index contributed by atoms with van der Waals surface area (Å²) in [5.74, 6) is 0.210. The van der Waals surface area contributed by atoms with Crippen molar-refractivity contribution in [3.05, 3.63) is 64.7 Å². The number of nitrogens with one attached hydrogen (secondary N) is 1. The molecule has 2 N–H and O–H groups in total. The minimum atomic E-state index is -0.606. The number of carbonyl (C=O) groups is 1. The molecule has 2 aromatic rings. The molecule has 140 valence electrons. The van der Waals surface area contributed by atoms with E-state index in [-0.39, 0.29) is 12.6 Å². The molecule has 5 nitrogen and oxygen atoms in total. The Hall–Kier alpha value is -2.08. The van der Waals surface area contributed by atoms with E-state index in [1.165, 1.54) is 7.11 Å². The number of benzene rings is 2. The maximum Gasteiger partial charge on any atom is 0.343 e. The first-order chi connectivity index (χ1) is 12.5. The zero-order chi connectivity index (χ0) is 18.9. The number of hydrogen-bond donors (Lipinski definition) is 2. The van der Waals surface area contributed by atoms with Crippen LogP contribution in [0.15, 0.2) is 48.5 Å². The second kappa shape index (κ2) is 10.2. The first-order valence-electron chi connectivity index (χ1n) is 8.43. The highest BCUT2D eigenvalue weighted by atomic mass is 35.5. The molecule has 0 aliphatic carbocycles. The van der Waals surface area contributed by atoms with E-state index in [1.807, 2.05) is 36.4 Å². The van der Waals surface area contributed by atoms with Crippen molar-refractivity contribution in [3.63, 3.8) is 0 Å². The number of methoxy groups -OCH3 is 1. The summed E-state index contributed by atoms with van der Waals surface area (Å²) in [6.45, 7) is 2.41. The lowest BCUT2D eigenvalue weighted by atomic mass is 10.1. The number of aliphatic hydroxyl groups excluding tert-OH is 1. The lowest BCUT2D eigenvalue weighted by Gasteiger charge is -2.18. The molecule has 0 aliphatic rings. The van der Waals surface area contributed by atoms with Crippen molar-refractivity contribution >= 4 is 17.6 Å². The minimum absolute atomic E-state index is 0.102. The van der Waals surface area contributed by atoms with Gasteiger partial charge in [-0.1, -0.05) is 35.9 Å². The van der Waals surface area contributed by atoms with Gasteiger partial charge < -0.3 is 19.9 Å². The van der Waals surface area contributed by atoms with E-state index >= 15 is 0 Å². The molecule has 6 heteroatoms. The molecule has 0 heterocycles. The highest BCUT2D eigenvalue weighted by Crippen LogP contribution is 2.18. The van der Waals surface area contributed by atoms with Crippen LogP contribution in [0, 0.1) is 0 Å². The average molecular weight is 378 g/mol. The zero-order valence-corrected chi connectivity index (χ0v) is 15.7. The summed E-state index contributed by atoms with van der Waals surface area (Å²) in [5.41, 5.74) is 1.93. The summed E-state index contributed by atoms with van der Waals surface area (Å²) in [4.78, 5) is 11.1. The van der Waals surface area contributed by atoms with Gasteiger partial charge in [0.05, 0.1) is 13.2 Å². The maximum absolute atomic E-state index is 11.1. The molecule has 2 rings (SSSR count). The van der Waals surface area contributed by atoms with Crippen molar-refractivity contribution in [2.75, 3.05) is 20.3 Å². The Morgan fingerprint density at radius 1 is 1.23 bits per heavy atom. The Kier molecular flexibility index (Phi) is 7.91.